The van der Waals surface area contributed by atoms with Crippen LogP contribution < -0.4 is 5.32 Å². The van der Waals surface area contributed by atoms with E-state index in [2.05, 4.69) is 35.3 Å². The molecule has 0 amide bonds. The van der Waals surface area contributed by atoms with Crippen LogP contribution in [0.1, 0.15) is 30.3 Å². The first-order chi connectivity index (χ1) is 9.17. The zero-order chi connectivity index (χ0) is 13.8. The van der Waals surface area contributed by atoms with Crippen molar-refractivity contribution in [2.75, 3.05) is 25.6 Å². The molecule has 0 fully saturated rings. The van der Waals surface area contributed by atoms with Gasteiger partial charge in [0.05, 0.1) is 5.69 Å². The number of nitrogens with zero attached hydrogens (tertiary/aromatic N) is 3. The fraction of sp³-hybridized carbons (Fsp3) is 0.571. The van der Waals surface area contributed by atoms with Gasteiger partial charge >= 0.3 is 0 Å². The van der Waals surface area contributed by atoms with Crippen LogP contribution in [0.2, 0.25) is 0 Å². The highest BCUT2D eigenvalue weighted by molar-refractivity contribution is 5.56. The highest BCUT2D eigenvalue weighted by atomic mass is 16.5. The summed E-state index contributed by atoms with van der Waals surface area (Å²) in [4.78, 5) is 4.65. The van der Waals surface area contributed by atoms with Gasteiger partial charge in [0.2, 0.25) is 0 Å². The Morgan fingerprint density at radius 3 is 2.84 bits per heavy atom. The molecule has 0 spiro atoms. The second-order valence-electron chi connectivity index (χ2n) is 4.71. The molecule has 0 unspecified atom stereocenters. The number of aryl methyl sites for hydroxylation is 3. The summed E-state index contributed by atoms with van der Waals surface area (Å²) >= 11 is 0. The van der Waals surface area contributed by atoms with Crippen molar-refractivity contribution in [2.24, 2.45) is 0 Å². The van der Waals surface area contributed by atoms with Crippen molar-refractivity contribution in [1.29, 1.82) is 0 Å². The fourth-order valence-electron chi connectivity index (χ4n) is 2.02. The second kappa shape index (κ2) is 6.02. The van der Waals surface area contributed by atoms with Crippen molar-refractivity contribution < 1.29 is 4.74 Å². The molecule has 2 aromatic rings. The molecule has 5 nitrogen and oxygen atoms in total. The van der Waals surface area contributed by atoms with Crippen LogP contribution >= 0.6 is 0 Å². The molecule has 0 atom stereocenters. The Morgan fingerprint density at radius 1 is 1.37 bits per heavy atom. The van der Waals surface area contributed by atoms with E-state index < -0.39 is 0 Å². The van der Waals surface area contributed by atoms with Gasteiger partial charge < -0.3 is 10.1 Å². The lowest BCUT2D eigenvalue weighted by molar-refractivity contribution is 0.197. The maximum Gasteiger partial charge on any atom is 0.160 e. The van der Waals surface area contributed by atoms with Crippen LogP contribution in [0, 0.1) is 13.8 Å². The van der Waals surface area contributed by atoms with Gasteiger partial charge in [-0.25, -0.2) is 4.98 Å². The standard InChI is InChI=1S/C14H22N4O/c1-5-12-9-13(15-7-6-8-19-4)18-14(16-12)10(2)11(3)17-18/h9,15H,5-8H2,1-4H3. The van der Waals surface area contributed by atoms with Crippen molar-refractivity contribution >= 4 is 11.5 Å². The van der Waals surface area contributed by atoms with Gasteiger partial charge in [-0.15, -0.1) is 0 Å². The second-order valence-corrected chi connectivity index (χ2v) is 4.71. The topological polar surface area (TPSA) is 51.5 Å². The smallest absolute Gasteiger partial charge is 0.160 e. The van der Waals surface area contributed by atoms with Gasteiger partial charge in [0, 0.05) is 37.6 Å². The van der Waals surface area contributed by atoms with Gasteiger partial charge in [-0.1, -0.05) is 6.92 Å². The fourth-order valence-corrected chi connectivity index (χ4v) is 2.02. The van der Waals surface area contributed by atoms with E-state index in [-0.39, 0.29) is 0 Å². The van der Waals surface area contributed by atoms with E-state index in [0.29, 0.717) is 0 Å². The Hall–Kier alpha value is -1.62. The van der Waals surface area contributed by atoms with Crippen LogP contribution in [-0.2, 0) is 11.2 Å². The maximum absolute atomic E-state index is 5.06. The molecule has 0 saturated carbocycles. The first kappa shape index (κ1) is 13.8. The molecule has 0 aliphatic rings. The number of anilines is 1. The molecule has 0 saturated heterocycles. The first-order valence-corrected chi connectivity index (χ1v) is 6.76. The lowest BCUT2D eigenvalue weighted by Gasteiger charge is -2.09. The average molecular weight is 262 g/mol. The van der Waals surface area contributed by atoms with Crippen LogP contribution in [0.5, 0.6) is 0 Å². The van der Waals surface area contributed by atoms with E-state index in [1.165, 1.54) is 0 Å². The largest absolute Gasteiger partial charge is 0.385 e. The average Bonchev–Trinajstić information content (AvgIpc) is 2.71. The van der Waals surface area contributed by atoms with E-state index in [4.69, 9.17) is 4.74 Å². The third-order valence-electron chi connectivity index (χ3n) is 3.30. The molecule has 19 heavy (non-hydrogen) atoms. The quantitative estimate of drug-likeness (QED) is 0.812. The highest BCUT2D eigenvalue weighted by Crippen LogP contribution is 2.18. The van der Waals surface area contributed by atoms with Crippen molar-refractivity contribution in [2.45, 2.75) is 33.6 Å². The van der Waals surface area contributed by atoms with E-state index in [1.807, 2.05) is 11.4 Å². The third-order valence-corrected chi connectivity index (χ3v) is 3.30. The van der Waals surface area contributed by atoms with E-state index in [0.717, 1.165) is 54.4 Å². The molecule has 0 radical (unpaired) electrons. The minimum Gasteiger partial charge on any atom is -0.385 e. The van der Waals surface area contributed by atoms with Crippen LogP contribution in [0.15, 0.2) is 6.07 Å². The summed E-state index contributed by atoms with van der Waals surface area (Å²) in [7, 11) is 1.72. The lowest BCUT2D eigenvalue weighted by atomic mass is 10.2. The normalized spacial score (nSPS) is 11.2. The van der Waals surface area contributed by atoms with E-state index in [1.54, 1.807) is 7.11 Å². The molecule has 2 rings (SSSR count). The number of hydrogen-bond acceptors (Lipinski definition) is 4. The molecular weight excluding hydrogens is 240 g/mol. The zero-order valence-electron chi connectivity index (χ0n) is 12.2. The van der Waals surface area contributed by atoms with Crippen molar-refractivity contribution in [3.05, 3.63) is 23.0 Å². The SMILES string of the molecule is CCc1cc(NCCCOC)n2nc(C)c(C)c2n1. The van der Waals surface area contributed by atoms with Crippen molar-refractivity contribution in [3.8, 4) is 0 Å². The Kier molecular flexibility index (Phi) is 4.37. The molecule has 2 aromatic heterocycles. The maximum atomic E-state index is 5.06. The number of aromatic nitrogens is 3. The van der Waals surface area contributed by atoms with Gasteiger partial charge in [0.25, 0.3) is 0 Å². The zero-order valence-corrected chi connectivity index (χ0v) is 12.2. The molecule has 5 heteroatoms. The Morgan fingerprint density at radius 2 is 2.16 bits per heavy atom. The van der Waals surface area contributed by atoms with Gasteiger partial charge in [-0.05, 0) is 26.7 Å². The number of ether oxygens (including phenoxy) is 1. The Bertz CT molecular complexity index is 562. The van der Waals surface area contributed by atoms with Gasteiger partial charge in [-0.3, -0.25) is 0 Å². The van der Waals surface area contributed by atoms with Crippen LogP contribution in [0.4, 0.5) is 5.82 Å². The lowest BCUT2D eigenvalue weighted by Crippen LogP contribution is -2.10. The molecule has 0 bridgehead atoms. The van der Waals surface area contributed by atoms with Gasteiger partial charge in [-0.2, -0.15) is 9.61 Å². The minimum atomic E-state index is 0.763. The Labute approximate surface area is 114 Å². The summed E-state index contributed by atoms with van der Waals surface area (Å²) in [6.45, 7) is 7.84. The summed E-state index contributed by atoms with van der Waals surface area (Å²) in [6.07, 6.45) is 1.90. The summed E-state index contributed by atoms with van der Waals surface area (Å²) in [5.74, 6) is 1.01. The highest BCUT2D eigenvalue weighted by Gasteiger charge is 2.11. The molecule has 1 N–H and O–H groups in total. The minimum absolute atomic E-state index is 0.763. The molecule has 0 aromatic carbocycles. The molecule has 0 aliphatic carbocycles. The van der Waals surface area contributed by atoms with Gasteiger partial charge in [0.15, 0.2) is 5.65 Å². The van der Waals surface area contributed by atoms with Gasteiger partial charge in [0.1, 0.15) is 5.82 Å². The monoisotopic (exact) mass is 262 g/mol. The Balaban J connectivity index is 2.32. The predicted molar refractivity (Wildman–Crippen MR) is 76.8 cm³/mol. The number of rotatable bonds is 6. The number of hydrogen-bond donors (Lipinski definition) is 1. The predicted octanol–water partition coefficient (Wildman–Crippen LogP) is 2.36. The molecule has 104 valence electrons. The first-order valence-electron chi connectivity index (χ1n) is 6.76. The molecule has 2 heterocycles. The van der Waals surface area contributed by atoms with Crippen molar-refractivity contribution in [1.82, 2.24) is 14.6 Å². The molecule has 0 aliphatic heterocycles. The number of methoxy groups -OCH3 is 1. The summed E-state index contributed by atoms with van der Waals surface area (Å²) in [5, 5.41) is 7.97. The van der Waals surface area contributed by atoms with E-state index >= 15 is 0 Å². The summed E-state index contributed by atoms with van der Waals surface area (Å²) < 4.78 is 6.96. The van der Waals surface area contributed by atoms with Crippen LogP contribution in [-0.4, -0.2) is 34.9 Å². The number of fused-ring (bicyclic) bond motifs is 1. The van der Waals surface area contributed by atoms with Crippen LogP contribution in [0.25, 0.3) is 5.65 Å². The van der Waals surface area contributed by atoms with Crippen molar-refractivity contribution in [3.63, 3.8) is 0 Å². The van der Waals surface area contributed by atoms with E-state index in [9.17, 15) is 0 Å². The summed E-state index contributed by atoms with van der Waals surface area (Å²) in [6, 6.07) is 2.08. The summed E-state index contributed by atoms with van der Waals surface area (Å²) in [5.41, 5.74) is 4.21. The number of nitrogens with one attached hydrogen (secondary N) is 1. The van der Waals surface area contributed by atoms with Crippen LogP contribution in [0.3, 0.4) is 0 Å². The molecular formula is C14H22N4O. The third kappa shape index (κ3) is 2.87.